The quantitative estimate of drug-likeness (QED) is 0.219. The monoisotopic (exact) mass is 638 g/mol. The summed E-state index contributed by atoms with van der Waals surface area (Å²) < 4.78 is 46.2. The molecule has 0 radical (unpaired) electrons. The zero-order chi connectivity index (χ0) is 33.1. The highest BCUT2D eigenvalue weighted by molar-refractivity contribution is 6.04. The Labute approximate surface area is 268 Å². The molecule has 1 saturated heterocycles. The number of hydrogen-bond donors (Lipinski definition) is 1. The van der Waals surface area contributed by atoms with Crippen LogP contribution in [0.4, 0.5) is 18.9 Å². The van der Waals surface area contributed by atoms with E-state index in [4.69, 9.17) is 10.00 Å². The summed E-state index contributed by atoms with van der Waals surface area (Å²) in [5.74, 6) is 0.161. The highest BCUT2D eigenvalue weighted by Gasteiger charge is 2.30. The lowest BCUT2D eigenvalue weighted by atomic mass is 10.1. The first-order chi connectivity index (χ1) is 22.6. The summed E-state index contributed by atoms with van der Waals surface area (Å²) in [5, 5.41) is 12.4. The third-order valence-corrected chi connectivity index (χ3v) is 8.07. The van der Waals surface area contributed by atoms with E-state index in [-0.39, 0.29) is 17.4 Å². The molecule has 3 heterocycles. The van der Waals surface area contributed by atoms with Gasteiger partial charge in [-0.25, -0.2) is 4.98 Å². The van der Waals surface area contributed by atoms with Crippen molar-refractivity contribution in [2.75, 3.05) is 31.5 Å². The Morgan fingerprint density at radius 2 is 1.66 bits per heavy atom. The largest absolute Gasteiger partial charge is 0.439 e. The van der Waals surface area contributed by atoms with E-state index in [2.05, 4.69) is 21.3 Å². The standard InChI is InChI=1S/C35H29F3N6O3/c1-42-30-12-11-29(47-32-13-10-28(21-40-32)41-33(45)25-6-8-27(9-7-25)35(36,37)38)18-26(30)19-31(42)34(46)44-16-14-43(15-17-44)22-24-4-2-23(20-39)3-5-24/h2-13,18-19,21H,14-17,22H2,1H3,(H,41,45). The van der Waals surface area contributed by atoms with Gasteiger partial charge in [-0.05, 0) is 72.3 Å². The van der Waals surface area contributed by atoms with E-state index in [9.17, 15) is 22.8 Å². The van der Waals surface area contributed by atoms with Gasteiger partial charge in [0.15, 0.2) is 0 Å². The average Bonchev–Trinajstić information content (AvgIpc) is 3.41. The summed E-state index contributed by atoms with van der Waals surface area (Å²) in [6.07, 6.45) is -3.09. The van der Waals surface area contributed by atoms with Crippen LogP contribution in [0.5, 0.6) is 11.6 Å². The molecule has 0 atom stereocenters. The molecule has 3 aromatic carbocycles. The first-order valence-electron chi connectivity index (χ1n) is 14.8. The summed E-state index contributed by atoms with van der Waals surface area (Å²) in [6.45, 7) is 3.48. The van der Waals surface area contributed by atoms with E-state index < -0.39 is 17.6 Å². The summed E-state index contributed by atoms with van der Waals surface area (Å²) in [7, 11) is 1.86. The summed E-state index contributed by atoms with van der Waals surface area (Å²) in [5.41, 5.74) is 2.80. The minimum Gasteiger partial charge on any atom is -0.439 e. The zero-order valence-corrected chi connectivity index (χ0v) is 25.3. The van der Waals surface area contributed by atoms with Gasteiger partial charge >= 0.3 is 6.18 Å². The Kier molecular flexibility index (Phi) is 8.65. The van der Waals surface area contributed by atoms with Gasteiger partial charge in [0.1, 0.15) is 11.4 Å². The minimum atomic E-state index is -4.48. The van der Waals surface area contributed by atoms with Crippen molar-refractivity contribution in [1.29, 1.82) is 5.26 Å². The van der Waals surface area contributed by atoms with Gasteiger partial charge in [-0.3, -0.25) is 14.5 Å². The van der Waals surface area contributed by atoms with Gasteiger partial charge in [0.25, 0.3) is 11.8 Å². The number of amides is 2. The highest BCUT2D eigenvalue weighted by Crippen LogP contribution is 2.30. The molecule has 0 unspecified atom stereocenters. The van der Waals surface area contributed by atoms with Crippen LogP contribution in [0.3, 0.4) is 0 Å². The van der Waals surface area contributed by atoms with Gasteiger partial charge in [0.05, 0.1) is 29.1 Å². The van der Waals surface area contributed by atoms with Crippen molar-refractivity contribution >= 4 is 28.4 Å². The van der Waals surface area contributed by atoms with Crippen LogP contribution in [-0.2, 0) is 19.8 Å². The topological polar surface area (TPSA) is 103 Å². The average molecular weight is 639 g/mol. The Morgan fingerprint density at radius 3 is 2.30 bits per heavy atom. The third kappa shape index (κ3) is 7.10. The number of nitriles is 1. The van der Waals surface area contributed by atoms with Crippen molar-refractivity contribution in [3.63, 3.8) is 0 Å². The molecule has 1 fully saturated rings. The Balaban J connectivity index is 1.05. The highest BCUT2D eigenvalue weighted by atomic mass is 19.4. The van der Waals surface area contributed by atoms with Gasteiger partial charge in [0.2, 0.25) is 5.88 Å². The summed E-state index contributed by atoms with van der Waals surface area (Å²) >= 11 is 0. The Hall–Kier alpha value is -5.67. The van der Waals surface area contributed by atoms with E-state index in [1.54, 1.807) is 18.2 Å². The molecule has 9 nitrogen and oxygen atoms in total. The number of pyridine rings is 1. The normalized spacial score (nSPS) is 13.7. The maximum Gasteiger partial charge on any atom is 0.416 e. The van der Waals surface area contributed by atoms with E-state index in [1.807, 2.05) is 59.0 Å². The van der Waals surface area contributed by atoms with Crippen molar-refractivity contribution in [1.82, 2.24) is 19.4 Å². The minimum absolute atomic E-state index is 0.0419. The lowest BCUT2D eigenvalue weighted by Crippen LogP contribution is -2.48. The number of carbonyl (C=O) groups excluding carboxylic acids is 2. The molecule has 5 aromatic rings. The Bertz CT molecular complexity index is 1960. The molecule has 238 valence electrons. The number of aryl methyl sites for hydroxylation is 1. The van der Waals surface area contributed by atoms with E-state index in [0.717, 1.165) is 60.4 Å². The van der Waals surface area contributed by atoms with Crippen molar-refractivity contribution in [2.45, 2.75) is 12.7 Å². The number of nitrogens with zero attached hydrogens (tertiary/aromatic N) is 5. The molecule has 0 bridgehead atoms. The number of nitrogens with one attached hydrogen (secondary N) is 1. The van der Waals surface area contributed by atoms with Crippen molar-refractivity contribution in [2.24, 2.45) is 7.05 Å². The second-order valence-electron chi connectivity index (χ2n) is 11.2. The number of piperazine rings is 1. The van der Waals surface area contributed by atoms with Crippen LogP contribution in [-0.4, -0.2) is 57.3 Å². The molecule has 0 saturated carbocycles. The third-order valence-electron chi connectivity index (χ3n) is 8.07. The van der Waals surface area contributed by atoms with E-state index in [0.29, 0.717) is 35.8 Å². The summed E-state index contributed by atoms with van der Waals surface area (Å²) in [4.78, 5) is 34.3. The first-order valence-corrected chi connectivity index (χ1v) is 14.8. The predicted octanol–water partition coefficient (Wildman–Crippen LogP) is 6.47. The van der Waals surface area contributed by atoms with Crippen LogP contribution in [0, 0.1) is 11.3 Å². The molecule has 2 aromatic heterocycles. The van der Waals surface area contributed by atoms with Crippen LogP contribution >= 0.6 is 0 Å². The molecule has 12 heteroatoms. The number of carbonyl (C=O) groups is 2. The number of anilines is 1. The first kappa shape index (κ1) is 31.3. The van der Waals surface area contributed by atoms with Crippen molar-refractivity contribution < 1.29 is 27.5 Å². The molecular weight excluding hydrogens is 609 g/mol. The van der Waals surface area contributed by atoms with E-state index >= 15 is 0 Å². The zero-order valence-electron chi connectivity index (χ0n) is 25.3. The number of ether oxygens (including phenoxy) is 1. The van der Waals surface area contributed by atoms with Gasteiger partial charge < -0.3 is 19.5 Å². The molecule has 47 heavy (non-hydrogen) atoms. The summed E-state index contributed by atoms with van der Waals surface area (Å²) in [6, 6.07) is 24.1. The number of alkyl halides is 3. The van der Waals surface area contributed by atoms with Crippen LogP contribution < -0.4 is 10.1 Å². The molecule has 1 aliphatic rings. The fourth-order valence-corrected chi connectivity index (χ4v) is 5.46. The number of fused-ring (bicyclic) bond motifs is 1. The van der Waals surface area contributed by atoms with Crippen molar-refractivity contribution in [3.8, 4) is 17.7 Å². The second kappa shape index (κ2) is 13.0. The van der Waals surface area contributed by atoms with E-state index in [1.165, 1.54) is 6.20 Å². The number of hydrogen-bond acceptors (Lipinski definition) is 6. The van der Waals surface area contributed by atoms with Gasteiger partial charge in [0, 0.05) is 62.3 Å². The molecular formula is C35H29F3N6O3. The molecule has 2 amide bonds. The van der Waals surface area contributed by atoms with Gasteiger partial charge in [-0.2, -0.15) is 18.4 Å². The van der Waals surface area contributed by atoms with Crippen LogP contribution in [0.2, 0.25) is 0 Å². The molecule has 1 N–H and O–H groups in total. The molecule has 1 aliphatic heterocycles. The lowest BCUT2D eigenvalue weighted by molar-refractivity contribution is -0.137. The van der Waals surface area contributed by atoms with Crippen LogP contribution in [0.25, 0.3) is 10.9 Å². The fraction of sp³-hybridized carbons (Fsp3) is 0.200. The smallest absolute Gasteiger partial charge is 0.416 e. The lowest BCUT2D eigenvalue weighted by Gasteiger charge is -2.34. The number of rotatable bonds is 7. The molecule has 0 spiro atoms. The number of aromatic nitrogens is 2. The maximum atomic E-state index is 13.5. The van der Waals surface area contributed by atoms with Crippen molar-refractivity contribution in [3.05, 3.63) is 119 Å². The van der Waals surface area contributed by atoms with Gasteiger partial charge in [-0.15, -0.1) is 0 Å². The number of benzene rings is 3. The number of halogens is 3. The second-order valence-corrected chi connectivity index (χ2v) is 11.2. The molecule has 0 aliphatic carbocycles. The SMILES string of the molecule is Cn1c(C(=O)N2CCN(Cc3ccc(C#N)cc3)CC2)cc2cc(Oc3ccc(NC(=O)c4ccc(C(F)(F)F)cc4)cn3)ccc21. The van der Waals surface area contributed by atoms with Gasteiger partial charge in [-0.1, -0.05) is 12.1 Å². The Morgan fingerprint density at radius 1 is 0.936 bits per heavy atom. The predicted molar refractivity (Wildman–Crippen MR) is 169 cm³/mol. The van der Waals surface area contributed by atoms with Crippen LogP contribution in [0.15, 0.2) is 91.1 Å². The molecule has 6 rings (SSSR count). The maximum absolute atomic E-state index is 13.5. The van der Waals surface area contributed by atoms with Crippen LogP contribution in [0.1, 0.15) is 37.5 Å². The fourth-order valence-electron chi connectivity index (χ4n) is 5.46.